The molecule has 1 amide bonds. The first kappa shape index (κ1) is 27.9. The molecule has 0 spiro atoms. The van der Waals surface area contributed by atoms with Crippen molar-refractivity contribution in [3.63, 3.8) is 0 Å². The number of amides is 1. The quantitative estimate of drug-likeness (QED) is 0.411. The van der Waals surface area contributed by atoms with E-state index < -0.39 is 5.41 Å². The normalized spacial score (nSPS) is 19.3. The van der Waals surface area contributed by atoms with Gasteiger partial charge in [-0.05, 0) is 49.2 Å². The van der Waals surface area contributed by atoms with Crippen molar-refractivity contribution in [2.24, 2.45) is 0 Å². The van der Waals surface area contributed by atoms with Gasteiger partial charge in [-0.15, -0.1) is 24.8 Å². The number of fused-ring (bicyclic) bond motifs is 1. The largest absolute Gasteiger partial charge is 0.497 e. The highest BCUT2D eigenvalue weighted by Gasteiger charge is 2.51. The van der Waals surface area contributed by atoms with Crippen LogP contribution >= 0.6 is 24.8 Å². The van der Waals surface area contributed by atoms with Crippen LogP contribution in [0.4, 0.5) is 11.4 Å². The molecule has 5 rings (SSSR count). The summed E-state index contributed by atoms with van der Waals surface area (Å²) in [5, 5.41) is 0. The smallest absolute Gasteiger partial charge is 0.242 e. The maximum absolute atomic E-state index is 14.0. The van der Waals surface area contributed by atoms with Gasteiger partial charge < -0.3 is 14.5 Å². The van der Waals surface area contributed by atoms with Crippen LogP contribution in [0.2, 0.25) is 0 Å². The minimum Gasteiger partial charge on any atom is -0.497 e. The molecule has 0 bridgehead atoms. The number of hydrogen-bond donors (Lipinski definition) is 0. The minimum atomic E-state index is -0.627. The molecule has 1 atom stereocenters. The van der Waals surface area contributed by atoms with Crippen molar-refractivity contribution in [3.8, 4) is 5.75 Å². The van der Waals surface area contributed by atoms with E-state index in [1.54, 1.807) is 7.11 Å². The summed E-state index contributed by atoms with van der Waals surface area (Å²) >= 11 is 0. The molecule has 5 nitrogen and oxygen atoms in total. The third-order valence-electron chi connectivity index (χ3n) is 7.44. The number of likely N-dealkylation sites (N-methyl/N-ethyl adjacent to an activating group) is 1. The average Bonchev–Trinajstić information content (AvgIpc) is 3.16. The zero-order valence-corrected chi connectivity index (χ0v) is 22.6. The Morgan fingerprint density at radius 3 is 2.25 bits per heavy atom. The van der Waals surface area contributed by atoms with Crippen molar-refractivity contribution in [1.82, 2.24) is 4.90 Å². The van der Waals surface area contributed by atoms with Crippen LogP contribution in [0.15, 0.2) is 78.9 Å². The Morgan fingerprint density at radius 1 is 0.861 bits per heavy atom. The van der Waals surface area contributed by atoms with E-state index in [-0.39, 0.29) is 30.7 Å². The summed E-state index contributed by atoms with van der Waals surface area (Å²) in [5.74, 6) is 1.10. The number of anilines is 2. The van der Waals surface area contributed by atoms with Crippen LogP contribution in [0.5, 0.6) is 5.75 Å². The second kappa shape index (κ2) is 12.0. The topological polar surface area (TPSA) is 36.0 Å². The highest BCUT2D eigenvalue weighted by Crippen LogP contribution is 2.48. The summed E-state index contributed by atoms with van der Waals surface area (Å²) in [6.45, 7) is 7.54. The average molecular weight is 529 g/mol. The van der Waals surface area contributed by atoms with E-state index in [1.807, 2.05) is 29.2 Å². The monoisotopic (exact) mass is 527 g/mol. The summed E-state index contributed by atoms with van der Waals surface area (Å²) < 4.78 is 5.40. The first-order chi connectivity index (χ1) is 16.7. The van der Waals surface area contributed by atoms with E-state index in [4.69, 9.17) is 4.74 Å². The van der Waals surface area contributed by atoms with Crippen LogP contribution in [0.25, 0.3) is 0 Å². The fourth-order valence-electron chi connectivity index (χ4n) is 5.59. The van der Waals surface area contributed by atoms with Gasteiger partial charge in [-0.2, -0.15) is 0 Å². The Bertz CT molecular complexity index is 1150. The van der Waals surface area contributed by atoms with Crippen molar-refractivity contribution < 1.29 is 9.53 Å². The number of para-hydroxylation sites is 1. The molecule has 0 N–H and O–H groups in total. The fourth-order valence-corrected chi connectivity index (χ4v) is 5.59. The maximum Gasteiger partial charge on any atom is 0.242 e. The van der Waals surface area contributed by atoms with Gasteiger partial charge in [0.15, 0.2) is 0 Å². The third kappa shape index (κ3) is 4.93. The van der Waals surface area contributed by atoms with Crippen LogP contribution in [0.3, 0.4) is 0 Å². The van der Waals surface area contributed by atoms with Crippen LogP contribution in [-0.4, -0.2) is 57.2 Å². The van der Waals surface area contributed by atoms with Gasteiger partial charge in [-0.25, -0.2) is 0 Å². The number of nitrogens with zero attached hydrogens (tertiary/aromatic N) is 3. The highest BCUT2D eigenvalue weighted by molar-refractivity contribution is 6.10. The van der Waals surface area contributed by atoms with E-state index in [0.29, 0.717) is 6.54 Å². The Morgan fingerprint density at radius 2 is 1.56 bits per heavy atom. The molecule has 2 heterocycles. The predicted molar refractivity (Wildman–Crippen MR) is 152 cm³/mol. The zero-order valence-electron chi connectivity index (χ0n) is 20.9. The predicted octanol–water partition coefficient (Wildman–Crippen LogP) is 5.40. The molecule has 0 aromatic heterocycles. The molecule has 1 saturated heterocycles. The Hall–Kier alpha value is -2.73. The molecule has 36 heavy (non-hydrogen) atoms. The number of piperazine rings is 1. The van der Waals surface area contributed by atoms with Gasteiger partial charge in [0.1, 0.15) is 11.2 Å². The van der Waals surface area contributed by atoms with Gasteiger partial charge in [-0.3, -0.25) is 9.69 Å². The summed E-state index contributed by atoms with van der Waals surface area (Å²) in [6.07, 6.45) is 0.780. The number of carbonyl (C=O) groups excluding carboxylic acids is 1. The van der Waals surface area contributed by atoms with Crippen molar-refractivity contribution in [2.45, 2.75) is 18.8 Å². The molecule has 0 radical (unpaired) electrons. The minimum absolute atomic E-state index is 0. The van der Waals surface area contributed by atoms with Crippen molar-refractivity contribution >= 4 is 42.1 Å². The summed E-state index contributed by atoms with van der Waals surface area (Å²) in [5.41, 5.74) is 3.87. The molecular weight excluding hydrogens is 493 g/mol. The molecule has 192 valence electrons. The first-order valence-corrected chi connectivity index (χ1v) is 12.3. The molecule has 2 aliphatic rings. The van der Waals surface area contributed by atoms with Crippen LogP contribution in [-0.2, 0) is 10.2 Å². The van der Waals surface area contributed by atoms with E-state index in [9.17, 15) is 4.79 Å². The molecule has 3 aromatic carbocycles. The number of carbonyl (C=O) groups is 1. The van der Waals surface area contributed by atoms with Crippen molar-refractivity contribution in [3.05, 3.63) is 90.0 Å². The second-order valence-corrected chi connectivity index (χ2v) is 9.12. The van der Waals surface area contributed by atoms with E-state index in [0.717, 1.165) is 61.7 Å². The Balaban J connectivity index is 0.00000180. The second-order valence-electron chi connectivity index (χ2n) is 9.12. The molecule has 2 aliphatic heterocycles. The first-order valence-electron chi connectivity index (χ1n) is 12.3. The third-order valence-corrected chi connectivity index (χ3v) is 7.44. The zero-order chi connectivity index (χ0) is 23.5. The number of ether oxygens (including phenoxy) is 1. The summed E-state index contributed by atoms with van der Waals surface area (Å²) in [6, 6.07) is 27.0. The lowest BCUT2D eigenvalue weighted by molar-refractivity contribution is -0.122. The SMILES string of the molecule is CCN1C(=O)C(CCN2CCN(c3cccc(OC)c3)CC2)(c2ccccc2)c2ccccc21.Cl.Cl. The molecular formula is C29H35Cl2N3O2. The van der Waals surface area contributed by atoms with Gasteiger partial charge in [0.05, 0.1) is 7.11 Å². The van der Waals surface area contributed by atoms with Crippen molar-refractivity contribution in [1.29, 1.82) is 0 Å². The van der Waals surface area contributed by atoms with Gasteiger partial charge in [0.25, 0.3) is 0 Å². The molecule has 1 unspecified atom stereocenters. The highest BCUT2D eigenvalue weighted by atomic mass is 35.5. The van der Waals surface area contributed by atoms with Crippen LogP contribution in [0, 0.1) is 0 Å². The van der Waals surface area contributed by atoms with Crippen molar-refractivity contribution in [2.75, 3.05) is 56.2 Å². The molecule has 1 fully saturated rings. The lowest BCUT2D eigenvalue weighted by Gasteiger charge is -2.38. The fraction of sp³-hybridized carbons (Fsp3) is 0.345. The molecule has 0 saturated carbocycles. The Kier molecular flexibility index (Phi) is 9.29. The number of hydrogen-bond acceptors (Lipinski definition) is 4. The van der Waals surface area contributed by atoms with Gasteiger partial charge in [0.2, 0.25) is 5.91 Å². The number of benzene rings is 3. The summed E-state index contributed by atoms with van der Waals surface area (Å²) in [7, 11) is 1.71. The molecule has 0 aliphatic carbocycles. The molecule has 7 heteroatoms. The summed E-state index contributed by atoms with van der Waals surface area (Å²) in [4.78, 5) is 20.9. The lowest BCUT2D eigenvalue weighted by Crippen LogP contribution is -2.49. The number of methoxy groups -OCH3 is 1. The number of halogens is 2. The van der Waals surface area contributed by atoms with Gasteiger partial charge in [0, 0.05) is 50.2 Å². The van der Waals surface area contributed by atoms with Crippen LogP contribution in [0.1, 0.15) is 24.5 Å². The number of rotatable bonds is 7. The van der Waals surface area contributed by atoms with Crippen LogP contribution < -0.4 is 14.5 Å². The standard InChI is InChI=1S/C29H33N3O2.2ClH/c1-3-32-27-15-8-7-14-26(27)29(28(32)33,23-10-5-4-6-11-23)16-17-30-18-20-31(21-19-30)24-12-9-13-25(22-24)34-2;;/h4-15,22H,3,16-21H2,1-2H3;2*1H. The lowest BCUT2D eigenvalue weighted by atomic mass is 9.72. The van der Waals surface area contributed by atoms with Gasteiger partial charge in [-0.1, -0.05) is 54.6 Å². The van der Waals surface area contributed by atoms with E-state index in [2.05, 4.69) is 71.3 Å². The Labute approximate surface area is 226 Å². The van der Waals surface area contributed by atoms with E-state index >= 15 is 0 Å². The maximum atomic E-state index is 14.0. The molecule has 3 aromatic rings. The van der Waals surface area contributed by atoms with E-state index in [1.165, 1.54) is 5.69 Å². The van der Waals surface area contributed by atoms with Gasteiger partial charge >= 0.3 is 0 Å².